The maximum Gasteiger partial charge on any atom is 0.204 e. The van der Waals surface area contributed by atoms with E-state index in [4.69, 9.17) is 15.5 Å². The van der Waals surface area contributed by atoms with E-state index in [-0.39, 0.29) is 0 Å². The van der Waals surface area contributed by atoms with E-state index < -0.39 is 0 Å². The number of aryl methyl sites for hydroxylation is 2. The number of hydrogen-bond acceptors (Lipinski definition) is 6. The van der Waals surface area contributed by atoms with Crippen molar-refractivity contribution in [2.24, 2.45) is 5.73 Å². The fourth-order valence-electron chi connectivity index (χ4n) is 2.72. The molecule has 23 heavy (non-hydrogen) atoms. The van der Waals surface area contributed by atoms with Gasteiger partial charge in [0.15, 0.2) is 5.82 Å². The van der Waals surface area contributed by atoms with Crippen LogP contribution in [0.5, 0.6) is 5.75 Å². The number of unbranched alkanes of at least 4 members (excludes halogenated alkanes) is 1. The van der Waals surface area contributed by atoms with Gasteiger partial charge >= 0.3 is 0 Å². The molecule has 0 atom stereocenters. The maximum atomic E-state index is 5.54. The minimum atomic E-state index is 0.700. The second-order valence-electron chi connectivity index (χ2n) is 5.60. The van der Waals surface area contributed by atoms with Gasteiger partial charge in [-0.25, -0.2) is 4.98 Å². The van der Waals surface area contributed by atoms with Crippen molar-refractivity contribution in [3.63, 3.8) is 0 Å². The highest BCUT2D eigenvalue weighted by Crippen LogP contribution is 2.27. The number of rotatable bonds is 6. The molecular formula is C16H22N6O. The lowest BCUT2D eigenvalue weighted by Gasteiger charge is -2.12. The number of aromatic nitrogens is 4. The predicted molar refractivity (Wildman–Crippen MR) is 91.1 cm³/mol. The highest BCUT2D eigenvalue weighted by Gasteiger charge is 2.14. The molecule has 122 valence electrons. The zero-order chi connectivity index (χ0) is 16.4. The van der Waals surface area contributed by atoms with E-state index in [9.17, 15) is 0 Å². The predicted octanol–water partition coefficient (Wildman–Crippen LogP) is 2.05. The number of methoxy groups -OCH3 is 1. The van der Waals surface area contributed by atoms with Gasteiger partial charge < -0.3 is 15.8 Å². The third kappa shape index (κ3) is 2.79. The molecule has 3 aromatic rings. The van der Waals surface area contributed by atoms with E-state index in [2.05, 4.69) is 15.5 Å². The second kappa shape index (κ2) is 6.37. The van der Waals surface area contributed by atoms with E-state index in [1.54, 1.807) is 7.11 Å². The number of benzene rings is 1. The molecule has 0 aliphatic carbocycles. The quantitative estimate of drug-likeness (QED) is 0.677. The van der Waals surface area contributed by atoms with Crippen LogP contribution in [-0.4, -0.2) is 39.8 Å². The Hall–Kier alpha value is -2.41. The average molecular weight is 314 g/mol. The van der Waals surface area contributed by atoms with Gasteiger partial charge in [-0.3, -0.25) is 4.40 Å². The van der Waals surface area contributed by atoms with E-state index >= 15 is 0 Å². The smallest absolute Gasteiger partial charge is 0.204 e. The summed E-state index contributed by atoms with van der Waals surface area (Å²) in [6.45, 7) is 5.46. The lowest BCUT2D eigenvalue weighted by Crippen LogP contribution is -2.09. The number of hydrogen-bond donors (Lipinski definition) is 2. The Morgan fingerprint density at radius 1 is 1.22 bits per heavy atom. The Morgan fingerprint density at radius 2 is 2.04 bits per heavy atom. The number of nitrogens with zero attached hydrogens (tertiary/aromatic N) is 4. The molecule has 0 amide bonds. The Kier molecular flexibility index (Phi) is 4.29. The SMILES string of the molecule is COc1cc2c(cc1C)nc(NCCCCN)c1nnc(C)n12. The molecule has 7 nitrogen and oxygen atoms in total. The summed E-state index contributed by atoms with van der Waals surface area (Å²) < 4.78 is 7.44. The van der Waals surface area contributed by atoms with Gasteiger partial charge in [-0.2, -0.15) is 0 Å². The molecule has 0 saturated heterocycles. The van der Waals surface area contributed by atoms with E-state index in [1.807, 2.05) is 30.4 Å². The topological polar surface area (TPSA) is 90.4 Å². The van der Waals surface area contributed by atoms with Crippen molar-refractivity contribution >= 4 is 22.5 Å². The van der Waals surface area contributed by atoms with Crippen molar-refractivity contribution in [2.45, 2.75) is 26.7 Å². The molecule has 0 spiro atoms. The summed E-state index contributed by atoms with van der Waals surface area (Å²) in [7, 11) is 1.67. The number of anilines is 1. The Balaban J connectivity index is 2.13. The summed E-state index contributed by atoms with van der Waals surface area (Å²) in [6.07, 6.45) is 1.98. The lowest BCUT2D eigenvalue weighted by molar-refractivity contribution is 0.412. The zero-order valence-corrected chi connectivity index (χ0v) is 13.8. The molecule has 3 rings (SSSR count). The molecule has 0 unspecified atom stereocenters. The van der Waals surface area contributed by atoms with Gasteiger partial charge in [-0.15, -0.1) is 10.2 Å². The minimum Gasteiger partial charge on any atom is -0.496 e. The third-order valence-corrected chi connectivity index (χ3v) is 3.93. The number of nitrogens with one attached hydrogen (secondary N) is 1. The summed E-state index contributed by atoms with van der Waals surface area (Å²) in [5.41, 5.74) is 9.15. The fraction of sp³-hybridized carbons (Fsp3) is 0.438. The van der Waals surface area contributed by atoms with Crippen LogP contribution in [0.3, 0.4) is 0 Å². The first-order valence-electron chi connectivity index (χ1n) is 7.79. The van der Waals surface area contributed by atoms with Crippen molar-refractivity contribution in [1.29, 1.82) is 0 Å². The summed E-state index contributed by atoms with van der Waals surface area (Å²) in [5.74, 6) is 2.40. The Morgan fingerprint density at radius 3 is 2.78 bits per heavy atom. The van der Waals surface area contributed by atoms with E-state index in [0.29, 0.717) is 6.54 Å². The first-order chi connectivity index (χ1) is 11.2. The van der Waals surface area contributed by atoms with Gasteiger partial charge in [0, 0.05) is 12.6 Å². The fourth-order valence-corrected chi connectivity index (χ4v) is 2.72. The van der Waals surface area contributed by atoms with Gasteiger partial charge in [0.05, 0.1) is 18.1 Å². The highest BCUT2D eigenvalue weighted by atomic mass is 16.5. The largest absolute Gasteiger partial charge is 0.496 e. The Labute approximate surface area is 134 Å². The maximum absolute atomic E-state index is 5.54. The van der Waals surface area contributed by atoms with Crippen molar-refractivity contribution in [3.05, 3.63) is 23.5 Å². The third-order valence-electron chi connectivity index (χ3n) is 3.93. The summed E-state index contributed by atoms with van der Waals surface area (Å²) >= 11 is 0. The summed E-state index contributed by atoms with van der Waals surface area (Å²) in [5, 5.41) is 11.8. The summed E-state index contributed by atoms with van der Waals surface area (Å²) in [4.78, 5) is 4.73. The molecule has 1 aromatic carbocycles. The van der Waals surface area contributed by atoms with Crippen LogP contribution >= 0.6 is 0 Å². The number of ether oxygens (including phenoxy) is 1. The monoisotopic (exact) mass is 314 g/mol. The van der Waals surface area contributed by atoms with Gasteiger partial charge in [-0.1, -0.05) is 0 Å². The first-order valence-corrected chi connectivity index (χ1v) is 7.79. The van der Waals surface area contributed by atoms with Crippen LogP contribution in [0, 0.1) is 13.8 Å². The molecule has 0 fully saturated rings. The molecule has 7 heteroatoms. The lowest BCUT2D eigenvalue weighted by atomic mass is 10.2. The average Bonchev–Trinajstić information content (AvgIpc) is 2.93. The zero-order valence-electron chi connectivity index (χ0n) is 13.8. The van der Waals surface area contributed by atoms with Gasteiger partial charge in [-0.05, 0) is 44.9 Å². The first kappa shape index (κ1) is 15.5. The van der Waals surface area contributed by atoms with Crippen LogP contribution < -0.4 is 15.8 Å². The van der Waals surface area contributed by atoms with Crippen LogP contribution in [0.25, 0.3) is 16.7 Å². The highest BCUT2D eigenvalue weighted by molar-refractivity contribution is 5.85. The van der Waals surface area contributed by atoms with E-state index in [0.717, 1.165) is 59.0 Å². The number of nitrogens with two attached hydrogens (primary N) is 1. The molecular weight excluding hydrogens is 292 g/mol. The van der Waals surface area contributed by atoms with Gasteiger partial charge in [0.2, 0.25) is 5.65 Å². The van der Waals surface area contributed by atoms with Crippen LogP contribution in [0.15, 0.2) is 12.1 Å². The normalized spacial score (nSPS) is 11.3. The molecule has 0 saturated carbocycles. The number of fused-ring (bicyclic) bond motifs is 3. The molecule has 3 N–H and O–H groups in total. The van der Waals surface area contributed by atoms with E-state index in [1.165, 1.54) is 0 Å². The van der Waals surface area contributed by atoms with Gasteiger partial charge in [0.1, 0.15) is 11.6 Å². The second-order valence-corrected chi connectivity index (χ2v) is 5.60. The molecule has 0 bridgehead atoms. The molecule has 0 radical (unpaired) electrons. The minimum absolute atomic E-state index is 0.700. The molecule has 0 aliphatic heterocycles. The summed E-state index contributed by atoms with van der Waals surface area (Å²) in [6, 6.07) is 4.01. The van der Waals surface area contributed by atoms with Crippen molar-refractivity contribution in [2.75, 3.05) is 25.5 Å². The van der Waals surface area contributed by atoms with Crippen LogP contribution in [0.4, 0.5) is 5.82 Å². The Bertz CT molecular complexity index is 842. The molecule has 2 aromatic heterocycles. The van der Waals surface area contributed by atoms with Crippen molar-refractivity contribution in [1.82, 2.24) is 19.6 Å². The van der Waals surface area contributed by atoms with Crippen LogP contribution in [-0.2, 0) is 0 Å². The molecule has 0 aliphatic rings. The van der Waals surface area contributed by atoms with Crippen molar-refractivity contribution < 1.29 is 4.74 Å². The molecule has 2 heterocycles. The van der Waals surface area contributed by atoms with Crippen LogP contribution in [0.2, 0.25) is 0 Å². The standard InChI is InChI=1S/C16H22N6O/c1-10-8-12-13(9-14(10)23-3)22-11(2)20-21-16(22)15(19-12)18-7-5-4-6-17/h8-9H,4-7,17H2,1-3H3,(H,18,19). The van der Waals surface area contributed by atoms with Crippen LogP contribution in [0.1, 0.15) is 24.2 Å². The van der Waals surface area contributed by atoms with Crippen molar-refractivity contribution in [3.8, 4) is 5.75 Å². The van der Waals surface area contributed by atoms with Gasteiger partial charge in [0.25, 0.3) is 0 Å².